The standard InChI is InChI=1S/C11H19NO/c1-10(2)6-5-9(12-8-13)7-11(10,3)4/h9H,5-7H2,1-4H3. The van der Waals surface area contributed by atoms with E-state index in [1.807, 2.05) is 0 Å². The van der Waals surface area contributed by atoms with Crippen LogP contribution < -0.4 is 0 Å². The van der Waals surface area contributed by atoms with Crippen LogP contribution in [0.25, 0.3) is 0 Å². The van der Waals surface area contributed by atoms with E-state index in [1.165, 1.54) is 0 Å². The normalized spacial score (nSPS) is 30.6. The van der Waals surface area contributed by atoms with Crippen LogP contribution in [0.5, 0.6) is 0 Å². The van der Waals surface area contributed by atoms with Gasteiger partial charge in [0.1, 0.15) is 0 Å². The van der Waals surface area contributed by atoms with Gasteiger partial charge in [0.2, 0.25) is 6.08 Å². The van der Waals surface area contributed by atoms with Crippen LogP contribution in [-0.4, -0.2) is 12.1 Å². The highest BCUT2D eigenvalue weighted by Gasteiger charge is 2.42. The molecule has 13 heavy (non-hydrogen) atoms. The minimum absolute atomic E-state index is 0.209. The van der Waals surface area contributed by atoms with Gasteiger partial charge in [-0.3, -0.25) is 0 Å². The lowest BCUT2D eigenvalue weighted by molar-refractivity contribution is 0.0419. The first kappa shape index (κ1) is 10.5. The molecule has 74 valence electrons. The number of aliphatic imine (C=N–C) groups is 1. The molecular formula is C11H19NO. The van der Waals surface area contributed by atoms with Crippen LogP contribution >= 0.6 is 0 Å². The molecule has 0 bridgehead atoms. The quantitative estimate of drug-likeness (QED) is 0.451. The molecule has 0 heterocycles. The zero-order chi connectivity index (χ0) is 10.1. The molecule has 1 fully saturated rings. The molecule has 0 spiro atoms. The van der Waals surface area contributed by atoms with Gasteiger partial charge in [-0.05, 0) is 30.1 Å². The van der Waals surface area contributed by atoms with E-state index >= 15 is 0 Å². The van der Waals surface area contributed by atoms with Gasteiger partial charge >= 0.3 is 0 Å². The van der Waals surface area contributed by atoms with E-state index in [0.29, 0.717) is 5.41 Å². The van der Waals surface area contributed by atoms with E-state index in [1.54, 1.807) is 6.08 Å². The van der Waals surface area contributed by atoms with Gasteiger partial charge in [0, 0.05) is 0 Å². The fourth-order valence-electron chi connectivity index (χ4n) is 2.02. The lowest BCUT2D eigenvalue weighted by Crippen LogP contribution is -2.40. The summed E-state index contributed by atoms with van der Waals surface area (Å²) in [5.41, 5.74) is 0.637. The van der Waals surface area contributed by atoms with Crippen LogP contribution in [0, 0.1) is 10.8 Å². The highest BCUT2D eigenvalue weighted by molar-refractivity contribution is 5.33. The summed E-state index contributed by atoms with van der Waals surface area (Å²) in [6.45, 7) is 9.13. The fraction of sp³-hybridized carbons (Fsp3) is 0.909. The molecule has 1 aliphatic carbocycles. The van der Waals surface area contributed by atoms with Crippen molar-refractivity contribution >= 4 is 6.08 Å². The van der Waals surface area contributed by atoms with Crippen molar-refractivity contribution in [2.24, 2.45) is 15.8 Å². The van der Waals surface area contributed by atoms with Crippen LogP contribution in [0.4, 0.5) is 0 Å². The molecular weight excluding hydrogens is 162 g/mol. The lowest BCUT2D eigenvalue weighted by atomic mass is 9.59. The molecule has 0 aromatic rings. The summed E-state index contributed by atoms with van der Waals surface area (Å²) in [6.07, 6.45) is 4.87. The summed E-state index contributed by atoms with van der Waals surface area (Å²) in [7, 11) is 0. The molecule has 0 saturated heterocycles. The number of hydrogen-bond acceptors (Lipinski definition) is 2. The monoisotopic (exact) mass is 181 g/mol. The Hall–Kier alpha value is -0.620. The molecule has 0 aliphatic heterocycles. The first-order chi connectivity index (χ1) is 5.89. The number of nitrogens with zero attached hydrogens (tertiary/aromatic N) is 1. The molecule has 1 rings (SSSR count). The second-order valence-electron chi connectivity index (χ2n) is 5.38. The van der Waals surface area contributed by atoms with Gasteiger partial charge in [0.05, 0.1) is 6.04 Å². The number of rotatable bonds is 1. The lowest BCUT2D eigenvalue weighted by Gasteiger charge is -2.47. The van der Waals surface area contributed by atoms with Crippen LogP contribution in [0.15, 0.2) is 4.99 Å². The Morgan fingerprint density at radius 3 is 2.31 bits per heavy atom. The SMILES string of the molecule is CC1(C)CCC(N=C=O)CC1(C)C. The van der Waals surface area contributed by atoms with Gasteiger partial charge in [-0.1, -0.05) is 27.7 Å². The molecule has 0 N–H and O–H groups in total. The molecule has 0 aromatic carbocycles. The molecule has 1 saturated carbocycles. The van der Waals surface area contributed by atoms with Gasteiger partial charge in [-0.2, -0.15) is 0 Å². The maximum atomic E-state index is 10.2. The zero-order valence-electron chi connectivity index (χ0n) is 9.05. The summed E-state index contributed by atoms with van der Waals surface area (Å²) in [5, 5.41) is 0. The van der Waals surface area contributed by atoms with Crippen molar-refractivity contribution < 1.29 is 4.79 Å². The largest absolute Gasteiger partial charge is 0.235 e. The summed E-state index contributed by atoms with van der Waals surface area (Å²) < 4.78 is 0. The predicted molar refractivity (Wildman–Crippen MR) is 53.3 cm³/mol. The van der Waals surface area contributed by atoms with E-state index in [4.69, 9.17) is 0 Å². The van der Waals surface area contributed by atoms with E-state index in [2.05, 4.69) is 32.7 Å². The summed E-state index contributed by atoms with van der Waals surface area (Å²) in [6, 6.07) is 0.209. The van der Waals surface area contributed by atoms with Crippen LogP contribution in [0.2, 0.25) is 0 Å². The smallest absolute Gasteiger partial charge is 0.211 e. The molecule has 1 atom stereocenters. The second kappa shape index (κ2) is 3.26. The van der Waals surface area contributed by atoms with Crippen molar-refractivity contribution in [2.75, 3.05) is 0 Å². The predicted octanol–water partition coefficient (Wildman–Crippen LogP) is 2.93. The van der Waals surface area contributed by atoms with Gasteiger partial charge < -0.3 is 0 Å². The van der Waals surface area contributed by atoms with Crippen molar-refractivity contribution in [1.29, 1.82) is 0 Å². The Bertz CT molecular complexity index is 236. The number of hydrogen-bond donors (Lipinski definition) is 0. The van der Waals surface area contributed by atoms with Gasteiger partial charge in [-0.25, -0.2) is 9.79 Å². The molecule has 0 radical (unpaired) electrons. The first-order valence-electron chi connectivity index (χ1n) is 4.96. The van der Waals surface area contributed by atoms with Crippen LogP contribution in [-0.2, 0) is 4.79 Å². The zero-order valence-corrected chi connectivity index (χ0v) is 9.05. The van der Waals surface area contributed by atoms with Crippen molar-refractivity contribution in [3.8, 4) is 0 Å². The molecule has 1 aliphatic rings. The van der Waals surface area contributed by atoms with Crippen LogP contribution in [0.3, 0.4) is 0 Å². The third-order valence-corrected chi connectivity index (χ3v) is 3.92. The van der Waals surface area contributed by atoms with Crippen molar-refractivity contribution in [3.05, 3.63) is 0 Å². The van der Waals surface area contributed by atoms with Crippen molar-refractivity contribution in [1.82, 2.24) is 0 Å². The van der Waals surface area contributed by atoms with Gasteiger partial charge in [0.25, 0.3) is 0 Å². The van der Waals surface area contributed by atoms with E-state index in [-0.39, 0.29) is 11.5 Å². The van der Waals surface area contributed by atoms with Crippen LogP contribution in [0.1, 0.15) is 47.0 Å². The first-order valence-corrected chi connectivity index (χ1v) is 4.96. The minimum Gasteiger partial charge on any atom is -0.211 e. The van der Waals surface area contributed by atoms with E-state index in [0.717, 1.165) is 19.3 Å². The average molecular weight is 181 g/mol. The summed E-state index contributed by atoms with van der Waals surface area (Å²) >= 11 is 0. The second-order valence-corrected chi connectivity index (χ2v) is 5.38. The third-order valence-electron chi connectivity index (χ3n) is 3.92. The van der Waals surface area contributed by atoms with Gasteiger partial charge in [-0.15, -0.1) is 0 Å². The maximum Gasteiger partial charge on any atom is 0.235 e. The molecule has 0 amide bonds. The molecule has 0 aromatic heterocycles. The highest BCUT2D eigenvalue weighted by Crippen LogP contribution is 2.50. The third kappa shape index (κ3) is 2.00. The topological polar surface area (TPSA) is 29.4 Å². The maximum absolute atomic E-state index is 10.2. The minimum atomic E-state index is 0.209. The summed E-state index contributed by atoms with van der Waals surface area (Å²) in [4.78, 5) is 14.0. The van der Waals surface area contributed by atoms with E-state index in [9.17, 15) is 4.79 Å². The Morgan fingerprint density at radius 2 is 1.85 bits per heavy atom. The Labute approximate surface area is 80.4 Å². The molecule has 2 heteroatoms. The Kier molecular flexibility index (Phi) is 2.63. The van der Waals surface area contributed by atoms with Crippen molar-refractivity contribution in [3.63, 3.8) is 0 Å². The Morgan fingerprint density at radius 1 is 1.23 bits per heavy atom. The molecule has 2 nitrogen and oxygen atoms in total. The summed E-state index contributed by atoms with van der Waals surface area (Å²) in [5.74, 6) is 0. The Balaban J connectivity index is 2.76. The van der Waals surface area contributed by atoms with Crippen molar-refractivity contribution in [2.45, 2.75) is 53.0 Å². The fourth-order valence-corrected chi connectivity index (χ4v) is 2.02. The number of isocyanates is 1. The highest BCUT2D eigenvalue weighted by atomic mass is 16.1. The van der Waals surface area contributed by atoms with Gasteiger partial charge in [0.15, 0.2) is 0 Å². The average Bonchev–Trinajstić information content (AvgIpc) is 1.98. The number of carbonyl (C=O) groups excluding carboxylic acids is 1. The molecule has 1 unspecified atom stereocenters. The van der Waals surface area contributed by atoms with E-state index < -0.39 is 0 Å².